The van der Waals surface area contributed by atoms with E-state index in [0.29, 0.717) is 17.0 Å². The van der Waals surface area contributed by atoms with E-state index in [1.54, 1.807) is 31.2 Å². The van der Waals surface area contributed by atoms with Gasteiger partial charge in [0.15, 0.2) is 0 Å². The first-order valence-electron chi connectivity index (χ1n) is 5.52. The van der Waals surface area contributed by atoms with Crippen molar-refractivity contribution in [1.29, 1.82) is 0 Å². The molecule has 1 aromatic rings. The summed E-state index contributed by atoms with van der Waals surface area (Å²) in [6.07, 6.45) is 0.422. The molecule has 0 aliphatic rings. The van der Waals surface area contributed by atoms with Crippen LogP contribution < -0.4 is 0 Å². The first-order chi connectivity index (χ1) is 7.95. The highest BCUT2D eigenvalue weighted by molar-refractivity contribution is 6.30. The highest BCUT2D eigenvalue weighted by Crippen LogP contribution is 2.34. The quantitative estimate of drug-likeness (QED) is 0.843. The van der Waals surface area contributed by atoms with Crippen LogP contribution in [0, 0.1) is 5.92 Å². The van der Waals surface area contributed by atoms with Crippen LogP contribution in [0.3, 0.4) is 0 Å². The number of rotatable bonds is 4. The number of carbonyl (C=O) groups is 1. The summed E-state index contributed by atoms with van der Waals surface area (Å²) in [7, 11) is 1.32. The van der Waals surface area contributed by atoms with E-state index < -0.39 is 17.5 Å². The Hall–Kier alpha value is -1.06. The maximum atomic E-state index is 11.5. The zero-order chi connectivity index (χ0) is 13.1. The Bertz CT molecular complexity index is 388. The fraction of sp³-hybridized carbons (Fsp3) is 0.462. The van der Waals surface area contributed by atoms with Gasteiger partial charge in [-0.15, -0.1) is 0 Å². The Balaban J connectivity index is 3.11. The van der Waals surface area contributed by atoms with Crippen molar-refractivity contribution in [2.75, 3.05) is 7.11 Å². The van der Waals surface area contributed by atoms with Gasteiger partial charge in [0.1, 0.15) is 5.60 Å². The third-order valence-electron chi connectivity index (χ3n) is 3.15. The van der Waals surface area contributed by atoms with Gasteiger partial charge in [-0.1, -0.05) is 30.7 Å². The number of benzene rings is 1. The maximum Gasteiger partial charge on any atom is 0.311 e. The molecule has 0 spiro atoms. The monoisotopic (exact) mass is 256 g/mol. The zero-order valence-corrected chi connectivity index (χ0v) is 11.0. The highest BCUT2D eigenvalue weighted by atomic mass is 35.5. The topological polar surface area (TPSA) is 46.5 Å². The van der Waals surface area contributed by atoms with Crippen molar-refractivity contribution in [2.24, 2.45) is 5.92 Å². The molecular formula is C13H17ClO3. The van der Waals surface area contributed by atoms with Crippen LogP contribution >= 0.6 is 11.6 Å². The van der Waals surface area contributed by atoms with Crippen molar-refractivity contribution in [2.45, 2.75) is 25.9 Å². The second kappa shape index (κ2) is 5.52. The number of ether oxygens (including phenoxy) is 1. The van der Waals surface area contributed by atoms with E-state index in [4.69, 9.17) is 11.6 Å². The summed E-state index contributed by atoms with van der Waals surface area (Å²) >= 11 is 5.80. The molecule has 1 N–H and O–H groups in total. The van der Waals surface area contributed by atoms with Crippen LogP contribution in [0.1, 0.15) is 25.8 Å². The first-order valence-corrected chi connectivity index (χ1v) is 5.89. The minimum absolute atomic E-state index is 0.422. The molecule has 2 unspecified atom stereocenters. The van der Waals surface area contributed by atoms with Gasteiger partial charge < -0.3 is 9.84 Å². The number of carbonyl (C=O) groups excluding carboxylic acids is 1. The number of halogens is 1. The molecule has 0 aromatic heterocycles. The molecule has 0 saturated carbocycles. The Morgan fingerprint density at radius 3 is 2.41 bits per heavy atom. The Morgan fingerprint density at radius 1 is 1.47 bits per heavy atom. The van der Waals surface area contributed by atoms with Crippen molar-refractivity contribution in [1.82, 2.24) is 0 Å². The van der Waals surface area contributed by atoms with Gasteiger partial charge in [-0.05, 0) is 31.0 Å². The lowest BCUT2D eigenvalue weighted by Gasteiger charge is -2.32. The van der Waals surface area contributed by atoms with E-state index in [1.165, 1.54) is 7.11 Å². The van der Waals surface area contributed by atoms with E-state index in [-0.39, 0.29) is 0 Å². The Labute approximate surface area is 106 Å². The second-order valence-corrected chi connectivity index (χ2v) is 4.47. The predicted octanol–water partition coefficient (Wildman–Crippen LogP) is 2.75. The van der Waals surface area contributed by atoms with Gasteiger partial charge in [-0.25, -0.2) is 0 Å². The van der Waals surface area contributed by atoms with Crippen LogP contribution in [0.15, 0.2) is 24.3 Å². The van der Waals surface area contributed by atoms with Gasteiger partial charge in [0.25, 0.3) is 0 Å². The van der Waals surface area contributed by atoms with Gasteiger partial charge in [0, 0.05) is 5.02 Å². The van der Waals surface area contributed by atoms with E-state index in [0.717, 1.165) is 0 Å². The molecule has 0 bridgehead atoms. The molecule has 4 heteroatoms. The lowest BCUT2D eigenvalue weighted by molar-refractivity contribution is -0.155. The molecule has 0 amide bonds. The number of hydrogen-bond acceptors (Lipinski definition) is 3. The van der Waals surface area contributed by atoms with Crippen LogP contribution in [-0.2, 0) is 15.1 Å². The van der Waals surface area contributed by atoms with Gasteiger partial charge in [-0.3, -0.25) is 4.79 Å². The molecule has 17 heavy (non-hydrogen) atoms. The van der Waals surface area contributed by atoms with Gasteiger partial charge in [-0.2, -0.15) is 0 Å². The summed E-state index contributed by atoms with van der Waals surface area (Å²) in [5.74, 6) is -1.05. The number of esters is 1. The smallest absolute Gasteiger partial charge is 0.311 e. The van der Waals surface area contributed by atoms with Crippen LogP contribution in [0.25, 0.3) is 0 Å². The molecule has 0 radical (unpaired) electrons. The number of aliphatic hydroxyl groups is 1. The Kier molecular flexibility index (Phi) is 4.54. The Morgan fingerprint density at radius 2 is 2.00 bits per heavy atom. The van der Waals surface area contributed by atoms with E-state index in [2.05, 4.69) is 4.74 Å². The molecular weight excluding hydrogens is 240 g/mol. The highest BCUT2D eigenvalue weighted by Gasteiger charge is 2.38. The summed E-state index contributed by atoms with van der Waals surface area (Å²) in [6, 6.07) is 6.85. The van der Waals surface area contributed by atoms with Crippen molar-refractivity contribution in [3.05, 3.63) is 34.9 Å². The van der Waals surface area contributed by atoms with Crippen molar-refractivity contribution >= 4 is 17.6 Å². The molecule has 94 valence electrons. The summed E-state index contributed by atoms with van der Waals surface area (Å²) < 4.78 is 4.68. The first kappa shape index (κ1) is 14.0. The normalized spacial score (nSPS) is 16.1. The lowest BCUT2D eigenvalue weighted by atomic mass is 9.80. The van der Waals surface area contributed by atoms with Crippen LogP contribution in [0.4, 0.5) is 0 Å². The van der Waals surface area contributed by atoms with E-state index in [9.17, 15) is 9.90 Å². The van der Waals surface area contributed by atoms with Crippen molar-refractivity contribution in [3.8, 4) is 0 Å². The van der Waals surface area contributed by atoms with Crippen LogP contribution in [-0.4, -0.2) is 18.2 Å². The van der Waals surface area contributed by atoms with Gasteiger partial charge in [0.05, 0.1) is 13.0 Å². The predicted molar refractivity (Wildman–Crippen MR) is 66.8 cm³/mol. The molecule has 0 fully saturated rings. The maximum absolute atomic E-state index is 11.5. The molecule has 2 atom stereocenters. The molecule has 0 saturated heterocycles. The van der Waals surface area contributed by atoms with E-state index >= 15 is 0 Å². The molecule has 1 rings (SSSR count). The third-order valence-corrected chi connectivity index (χ3v) is 3.41. The molecule has 0 heterocycles. The van der Waals surface area contributed by atoms with Gasteiger partial charge in [0.2, 0.25) is 0 Å². The summed E-state index contributed by atoms with van der Waals surface area (Å²) in [4.78, 5) is 11.5. The fourth-order valence-electron chi connectivity index (χ4n) is 1.87. The standard InChI is InChI=1S/C13H17ClO3/c1-4-13(16,9(2)12(15)17-3)10-5-7-11(14)8-6-10/h5-9,16H,4H2,1-3H3. The molecule has 0 aliphatic carbocycles. The van der Waals surface area contributed by atoms with Gasteiger partial charge >= 0.3 is 5.97 Å². The van der Waals surface area contributed by atoms with Crippen molar-refractivity contribution in [3.63, 3.8) is 0 Å². The summed E-state index contributed by atoms with van der Waals surface area (Å²) in [6.45, 7) is 3.48. The van der Waals surface area contributed by atoms with Crippen LogP contribution in [0.5, 0.6) is 0 Å². The molecule has 1 aromatic carbocycles. The number of hydrogen-bond donors (Lipinski definition) is 1. The average Bonchev–Trinajstić information content (AvgIpc) is 2.36. The zero-order valence-electron chi connectivity index (χ0n) is 10.2. The average molecular weight is 257 g/mol. The summed E-state index contributed by atoms with van der Waals surface area (Å²) in [5.41, 5.74) is -0.556. The fourth-order valence-corrected chi connectivity index (χ4v) is 2.00. The minimum Gasteiger partial charge on any atom is -0.469 e. The third kappa shape index (κ3) is 2.79. The van der Waals surface area contributed by atoms with E-state index in [1.807, 2.05) is 6.92 Å². The number of methoxy groups -OCH3 is 1. The lowest BCUT2D eigenvalue weighted by Crippen LogP contribution is -2.38. The summed E-state index contributed by atoms with van der Waals surface area (Å²) in [5, 5.41) is 11.2. The molecule has 3 nitrogen and oxygen atoms in total. The van der Waals surface area contributed by atoms with Crippen LogP contribution in [0.2, 0.25) is 5.02 Å². The second-order valence-electron chi connectivity index (χ2n) is 4.03. The van der Waals surface area contributed by atoms with Crippen molar-refractivity contribution < 1.29 is 14.6 Å². The molecule has 0 aliphatic heterocycles. The SMILES string of the molecule is CCC(O)(c1ccc(Cl)cc1)C(C)C(=O)OC. The largest absolute Gasteiger partial charge is 0.469 e. The minimum atomic E-state index is -1.22.